The van der Waals surface area contributed by atoms with Crippen LogP contribution in [0.4, 0.5) is 0 Å². The number of aliphatic hydroxyl groups excluding tert-OH is 1. The predicted molar refractivity (Wildman–Crippen MR) is 126 cm³/mol. The van der Waals surface area contributed by atoms with E-state index in [0.29, 0.717) is 11.5 Å². The number of carboxylic acids is 2. The van der Waals surface area contributed by atoms with Crippen molar-refractivity contribution in [3.8, 4) is 0 Å². The summed E-state index contributed by atoms with van der Waals surface area (Å²) in [5.74, 6) is -3.77. The summed E-state index contributed by atoms with van der Waals surface area (Å²) in [7, 11) is 0. The van der Waals surface area contributed by atoms with Crippen LogP contribution in [0.25, 0.3) is 0 Å². The summed E-state index contributed by atoms with van der Waals surface area (Å²) >= 11 is 2.85. The Morgan fingerprint density at radius 2 is 1.21 bits per heavy atom. The van der Waals surface area contributed by atoms with Gasteiger partial charge in [-0.15, -0.1) is 0 Å². The van der Waals surface area contributed by atoms with Crippen molar-refractivity contribution in [3.05, 3.63) is 0 Å². The molecule has 0 bridgehead atoms. The maximum Gasteiger partial charge on any atom is 0.326 e. The van der Waals surface area contributed by atoms with Crippen molar-refractivity contribution in [3.63, 3.8) is 0 Å². The fourth-order valence-corrected chi connectivity index (χ4v) is 3.51. The Labute approximate surface area is 201 Å². The van der Waals surface area contributed by atoms with E-state index >= 15 is 0 Å². The average molecular weight is 511 g/mol. The van der Waals surface area contributed by atoms with Gasteiger partial charge in [0.1, 0.15) is 24.2 Å². The van der Waals surface area contributed by atoms with Crippen molar-refractivity contribution in [2.45, 2.75) is 62.9 Å². The lowest BCUT2D eigenvalue weighted by molar-refractivity contribution is -0.143. The van der Waals surface area contributed by atoms with E-state index in [-0.39, 0.29) is 19.3 Å². The summed E-state index contributed by atoms with van der Waals surface area (Å²) < 4.78 is 0. The molecule has 0 aromatic rings. The highest BCUT2D eigenvalue weighted by Crippen LogP contribution is 2.07. The zero-order valence-electron chi connectivity index (χ0n) is 18.9. The molecule has 0 aliphatic rings. The molecule has 190 valence electrons. The third-order valence-electron chi connectivity index (χ3n) is 4.57. The minimum atomic E-state index is -1.43. The molecular weight excluding hydrogens is 476 g/mol. The van der Waals surface area contributed by atoms with Crippen molar-refractivity contribution < 1.29 is 39.3 Å². The van der Waals surface area contributed by atoms with Crippen LogP contribution in [-0.4, -0.2) is 99.3 Å². The second kappa shape index (κ2) is 16.6. The molecule has 0 fully saturated rings. The fraction of sp³-hybridized carbons (Fsp3) is 0.737. The number of hydrogen-bond donors (Lipinski definition) is 7. The number of aliphatic carboxylic acids is 2. The van der Waals surface area contributed by atoms with Crippen molar-refractivity contribution in [1.82, 2.24) is 16.0 Å². The maximum atomic E-state index is 12.9. The van der Waals surface area contributed by atoms with Crippen LogP contribution in [-0.2, 0) is 24.0 Å². The Hall–Kier alpha value is -2.03. The standard InChI is InChI=1S/C19H34N4O8S2/c1-10(24)15(20)18(29)22-12(7-9-33-3)16(27)21-11(6-8-32-2)17(28)23-13(19(30)31)4-5-14(25)26/h10-13,15,24H,4-9,20H2,1-3H3,(H,21,27)(H,22,29)(H,23,28)(H,25,26)(H,30,31). The molecule has 5 unspecified atom stereocenters. The van der Waals surface area contributed by atoms with Crippen molar-refractivity contribution in [1.29, 1.82) is 0 Å². The minimum absolute atomic E-state index is 0.181. The first-order valence-corrected chi connectivity index (χ1v) is 13.0. The lowest BCUT2D eigenvalue weighted by Crippen LogP contribution is -2.58. The minimum Gasteiger partial charge on any atom is -0.481 e. The van der Waals surface area contributed by atoms with Gasteiger partial charge in [0.15, 0.2) is 0 Å². The zero-order valence-corrected chi connectivity index (χ0v) is 20.5. The van der Waals surface area contributed by atoms with Crippen LogP contribution in [0.2, 0.25) is 0 Å². The van der Waals surface area contributed by atoms with Crippen LogP contribution in [0.15, 0.2) is 0 Å². The third-order valence-corrected chi connectivity index (χ3v) is 5.86. The van der Waals surface area contributed by atoms with Crippen LogP contribution < -0.4 is 21.7 Å². The van der Waals surface area contributed by atoms with Gasteiger partial charge in [-0.25, -0.2) is 4.79 Å². The molecule has 14 heteroatoms. The van der Waals surface area contributed by atoms with Crippen LogP contribution in [0.3, 0.4) is 0 Å². The molecule has 8 N–H and O–H groups in total. The molecule has 0 rings (SSSR count). The smallest absolute Gasteiger partial charge is 0.326 e. The van der Waals surface area contributed by atoms with Gasteiger partial charge in [0.2, 0.25) is 17.7 Å². The van der Waals surface area contributed by atoms with Crippen LogP contribution in [0.1, 0.15) is 32.6 Å². The summed E-state index contributed by atoms with van der Waals surface area (Å²) in [5, 5.41) is 34.9. The molecule has 0 radical (unpaired) electrons. The number of carbonyl (C=O) groups excluding carboxylic acids is 3. The van der Waals surface area contributed by atoms with E-state index in [1.54, 1.807) is 6.26 Å². The monoisotopic (exact) mass is 510 g/mol. The van der Waals surface area contributed by atoms with E-state index in [1.807, 2.05) is 6.26 Å². The third kappa shape index (κ3) is 12.7. The number of carbonyl (C=O) groups is 5. The van der Waals surface area contributed by atoms with Gasteiger partial charge >= 0.3 is 11.9 Å². The van der Waals surface area contributed by atoms with E-state index in [0.717, 1.165) is 0 Å². The Morgan fingerprint density at radius 3 is 1.58 bits per heavy atom. The molecule has 5 atom stereocenters. The first kappa shape index (κ1) is 31.0. The highest BCUT2D eigenvalue weighted by Gasteiger charge is 2.30. The van der Waals surface area contributed by atoms with Gasteiger partial charge in [0.05, 0.1) is 6.10 Å². The SMILES string of the molecule is CSCCC(NC(=O)C(CCSC)NC(=O)C(N)C(C)O)C(=O)NC(CCC(=O)O)C(=O)O. The molecule has 0 saturated carbocycles. The summed E-state index contributed by atoms with van der Waals surface area (Å²) in [5.41, 5.74) is 5.62. The lowest BCUT2D eigenvalue weighted by Gasteiger charge is -2.25. The number of nitrogens with one attached hydrogen (secondary N) is 3. The number of thioether (sulfide) groups is 2. The summed E-state index contributed by atoms with van der Waals surface area (Å²) in [6, 6.07) is -4.80. The Kier molecular flexibility index (Phi) is 15.5. The van der Waals surface area contributed by atoms with Crippen LogP contribution in [0, 0.1) is 0 Å². The van der Waals surface area contributed by atoms with Gasteiger partial charge in [0.25, 0.3) is 0 Å². The van der Waals surface area contributed by atoms with Gasteiger partial charge in [0, 0.05) is 6.42 Å². The van der Waals surface area contributed by atoms with Gasteiger partial charge in [-0.2, -0.15) is 23.5 Å². The van der Waals surface area contributed by atoms with E-state index in [4.69, 9.17) is 10.8 Å². The second-order valence-corrected chi connectivity index (χ2v) is 9.25. The number of rotatable bonds is 17. The highest BCUT2D eigenvalue weighted by atomic mass is 32.2. The molecule has 0 heterocycles. The summed E-state index contributed by atoms with van der Waals surface area (Å²) in [4.78, 5) is 59.9. The Bertz CT molecular complexity index is 680. The molecule has 12 nitrogen and oxygen atoms in total. The van der Waals surface area contributed by atoms with Gasteiger partial charge in [-0.1, -0.05) is 0 Å². The van der Waals surface area contributed by atoms with Gasteiger partial charge < -0.3 is 37.0 Å². The fourth-order valence-electron chi connectivity index (χ4n) is 2.57. The maximum absolute atomic E-state index is 12.9. The number of hydrogen-bond acceptors (Lipinski definition) is 9. The normalized spacial score (nSPS) is 15.4. The number of amides is 3. The van der Waals surface area contributed by atoms with Gasteiger partial charge in [-0.3, -0.25) is 19.2 Å². The molecule has 0 aromatic heterocycles. The Balaban J connectivity index is 5.42. The first-order chi connectivity index (χ1) is 15.4. The molecule has 33 heavy (non-hydrogen) atoms. The highest BCUT2D eigenvalue weighted by molar-refractivity contribution is 7.98. The lowest BCUT2D eigenvalue weighted by atomic mass is 10.1. The molecule has 0 aromatic carbocycles. The summed E-state index contributed by atoms with van der Waals surface area (Å²) in [6.45, 7) is 1.34. The van der Waals surface area contributed by atoms with E-state index in [9.17, 15) is 34.2 Å². The molecule has 0 aliphatic carbocycles. The zero-order chi connectivity index (χ0) is 25.6. The topological polar surface area (TPSA) is 208 Å². The number of aliphatic hydroxyl groups is 1. The van der Waals surface area contributed by atoms with Crippen LogP contribution in [0.5, 0.6) is 0 Å². The van der Waals surface area contributed by atoms with E-state index in [2.05, 4.69) is 16.0 Å². The molecule has 0 aliphatic heterocycles. The summed E-state index contributed by atoms with van der Waals surface area (Å²) in [6.07, 6.45) is 2.12. The largest absolute Gasteiger partial charge is 0.481 e. The molecule has 3 amide bonds. The van der Waals surface area contributed by atoms with Crippen molar-refractivity contribution in [2.75, 3.05) is 24.0 Å². The van der Waals surface area contributed by atoms with E-state index in [1.165, 1.54) is 30.4 Å². The molecule has 0 spiro atoms. The van der Waals surface area contributed by atoms with Crippen molar-refractivity contribution >= 4 is 53.2 Å². The van der Waals surface area contributed by atoms with Crippen molar-refractivity contribution in [2.24, 2.45) is 5.73 Å². The Morgan fingerprint density at radius 1 is 0.788 bits per heavy atom. The number of carboxylic acid groups (broad SMARTS) is 2. The predicted octanol–water partition coefficient (Wildman–Crippen LogP) is -1.40. The van der Waals surface area contributed by atoms with Gasteiger partial charge in [-0.05, 0) is 50.2 Å². The van der Waals surface area contributed by atoms with E-state index < -0.39 is 66.4 Å². The quantitative estimate of drug-likeness (QED) is 0.121. The molecular formula is C19H34N4O8S2. The average Bonchev–Trinajstić information content (AvgIpc) is 2.75. The number of nitrogens with two attached hydrogens (primary N) is 1. The first-order valence-electron chi connectivity index (χ1n) is 10.2. The second-order valence-electron chi connectivity index (χ2n) is 7.28. The molecule has 0 saturated heterocycles. The van der Waals surface area contributed by atoms with Crippen LogP contribution >= 0.6 is 23.5 Å².